The van der Waals surface area contributed by atoms with Gasteiger partial charge >= 0.3 is 0 Å². The number of hydrogen-bond donors (Lipinski definition) is 1. The smallest absolute Gasteiger partial charge is 0.264 e. The molecule has 2 rings (SSSR count). The highest BCUT2D eigenvalue weighted by atomic mass is 35.5. The number of rotatable bonds is 3. The quantitative estimate of drug-likeness (QED) is 0.845. The van der Waals surface area contributed by atoms with Gasteiger partial charge in [-0.15, -0.1) is 0 Å². The predicted molar refractivity (Wildman–Crippen MR) is 81.3 cm³/mol. The van der Waals surface area contributed by atoms with Crippen LogP contribution < -0.4 is 4.72 Å². The Bertz CT molecular complexity index is 763. The zero-order valence-corrected chi connectivity index (χ0v) is 13.3. The second-order valence-corrected chi connectivity index (χ2v) is 6.82. The maximum absolute atomic E-state index is 12.3. The van der Waals surface area contributed by atoms with E-state index in [1.807, 2.05) is 0 Å². The third-order valence-corrected chi connectivity index (χ3v) is 4.76. The van der Waals surface area contributed by atoms with Crippen molar-refractivity contribution in [2.45, 2.75) is 11.8 Å². The molecule has 1 aromatic heterocycles. The second-order valence-electron chi connectivity index (χ2n) is 3.99. The summed E-state index contributed by atoms with van der Waals surface area (Å²) in [5.41, 5.74) is 1.11. The highest BCUT2D eigenvalue weighted by molar-refractivity contribution is 7.92. The Morgan fingerprint density at radius 3 is 2.45 bits per heavy atom. The third-order valence-electron chi connectivity index (χ3n) is 2.51. The fourth-order valence-corrected chi connectivity index (χ4v) is 3.46. The van der Waals surface area contributed by atoms with Crippen LogP contribution in [0.2, 0.25) is 15.3 Å². The summed E-state index contributed by atoms with van der Waals surface area (Å²) >= 11 is 17.3. The van der Waals surface area contributed by atoms with Gasteiger partial charge in [-0.1, -0.05) is 40.9 Å². The van der Waals surface area contributed by atoms with Crippen molar-refractivity contribution in [1.29, 1.82) is 0 Å². The summed E-state index contributed by atoms with van der Waals surface area (Å²) in [7, 11) is -3.86. The van der Waals surface area contributed by atoms with Gasteiger partial charge in [-0.05, 0) is 36.8 Å². The van der Waals surface area contributed by atoms with E-state index in [1.54, 1.807) is 19.1 Å². The molecule has 0 saturated heterocycles. The zero-order chi connectivity index (χ0) is 14.9. The Labute approximate surface area is 131 Å². The molecule has 0 unspecified atom stereocenters. The van der Waals surface area contributed by atoms with Crippen LogP contribution in [0.15, 0.2) is 35.2 Å². The number of hydrogen-bond acceptors (Lipinski definition) is 3. The number of anilines is 1. The first-order valence-corrected chi connectivity index (χ1v) is 8.02. The first-order valence-electron chi connectivity index (χ1n) is 5.40. The number of aromatic nitrogens is 1. The van der Waals surface area contributed by atoms with E-state index in [2.05, 4.69) is 9.71 Å². The molecule has 0 saturated carbocycles. The van der Waals surface area contributed by atoms with Crippen LogP contribution in [0.3, 0.4) is 0 Å². The fourth-order valence-electron chi connectivity index (χ4n) is 1.50. The average molecular weight is 352 g/mol. The minimum atomic E-state index is -3.86. The number of sulfonamides is 1. The molecule has 1 heterocycles. The standard InChI is InChI=1S/C12H9Cl3N2O2S/c1-7-2-3-8(13)6-9(7)17-20(18,19)10-4-5-11(14)16-12(10)15/h2-6,17H,1H3. The Kier molecular flexibility index (Phi) is 4.44. The van der Waals surface area contributed by atoms with Crippen LogP contribution in [0.5, 0.6) is 0 Å². The lowest BCUT2D eigenvalue weighted by molar-refractivity contribution is 0.601. The summed E-state index contributed by atoms with van der Waals surface area (Å²) in [6, 6.07) is 7.55. The van der Waals surface area contributed by atoms with E-state index in [-0.39, 0.29) is 15.2 Å². The number of nitrogens with zero attached hydrogens (tertiary/aromatic N) is 1. The van der Waals surface area contributed by atoms with Crippen LogP contribution in [0.4, 0.5) is 5.69 Å². The van der Waals surface area contributed by atoms with E-state index in [0.717, 1.165) is 5.56 Å². The maximum Gasteiger partial charge on any atom is 0.264 e. The van der Waals surface area contributed by atoms with Crippen LogP contribution in [-0.4, -0.2) is 13.4 Å². The van der Waals surface area contributed by atoms with Crippen LogP contribution in [0.1, 0.15) is 5.56 Å². The number of benzene rings is 1. The first-order chi connectivity index (χ1) is 9.29. The van der Waals surface area contributed by atoms with Gasteiger partial charge in [-0.2, -0.15) is 0 Å². The van der Waals surface area contributed by atoms with Crippen LogP contribution in [-0.2, 0) is 10.0 Å². The second kappa shape index (κ2) is 5.77. The molecule has 1 aromatic carbocycles. The third kappa shape index (κ3) is 3.35. The Balaban J connectivity index is 2.43. The summed E-state index contributed by atoms with van der Waals surface area (Å²) in [6.45, 7) is 1.76. The van der Waals surface area contributed by atoms with Gasteiger partial charge in [0.05, 0.1) is 5.69 Å². The van der Waals surface area contributed by atoms with Crippen molar-refractivity contribution in [3.63, 3.8) is 0 Å². The van der Waals surface area contributed by atoms with Gasteiger partial charge < -0.3 is 0 Å². The van der Waals surface area contributed by atoms with E-state index in [4.69, 9.17) is 34.8 Å². The van der Waals surface area contributed by atoms with Gasteiger partial charge in [-0.3, -0.25) is 4.72 Å². The van der Waals surface area contributed by atoms with Crippen molar-refractivity contribution in [1.82, 2.24) is 4.98 Å². The Hall–Kier alpha value is -1.01. The lowest BCUT2D eigenvalue weighted by Crippen LogP contribution is -2.14. The van der Waals surface area contributed by atoms with Crippen molar-refractivity contribution >= 4 is 50.5 Å². The Morgan fingerprint density at radius 2 is 1.80 bits per heavy atom. The molecule has 0 aliphatic heterocycles. The first kappa shape index (κ1) is 15.4. The van der Waals surface area contributed by atoms with Gasteiger partial charge in [0.15, 0.2) is 5.15 Å². The fraction of sp³-hybridized carbons (Fsp3) is 0.0833. The molecule has 0 amide bonds. The summed E-state index contributed by atoms with van der Waals surface area (Å²) in [5, 5.41) is 0.353. The minimum absolute atomic E-state index is 0.118. The number of nitrogens with one attached hydrogen (secondary N) is 1. The molecular formula is C12H9Cl3N2O2S. The molecule has 106 valence electrons. The largest absolute Gasteiger partial charge is 0.279 e. The van der Waals surface area contributed by atoms with Crippen molar-refractivity contribution < 1.29 is 8.42 Å². The summed E-state index contributed by atoms with van der Waals surface area (Å²) < 4.78 is 27.0. The molecule has 2 aromatic rings. The van der Waals surface area contributed by atoms with Crippen molar-refractivity contribution in [3.05, 3.63) is 51.2 Å². The van der Waals surface area contributed by atoms with Gasteiger partial charge in [0, 0.05) is 5.02 Å². The molecular weight excluding hydrogens is 343 g/mol. The number of aryl methyl sites for hydroxylation is 1. The highest BCUT2D eigenvalue weighted by Gasteiger charge is 2.20. The minimum Gasteiger partial charge on any atom is -0.279 e. The van der Waals surface area contributed by atoms with E-state index in [9.17, 15) is 8.42 Å². The van der Waals surface area contributed by atoms with Gasteiger partial charge in [-0.25, -0.2) is 13.4 Å². The van der Waals surface area contributed by atoms with E-state index >= 15 is 0 Å². The zero-order valence-electron chi connectivity index (χ0n) is 10.2. The number of halogens is 3. The molecule has 1 N–H and O–H groups in total. The van der Waals surface area contributed by atoms with Crippen LogP contribution >= 0.6 is 34.8 Å². The van der Waals surface area contributed by atoms with Crippen molar-refractivity contribution in [3.8, 4) is 0 Å². The van der Waals surface area contributed by atoms with Gasteiger partial charge in [0.25, 0.3) is 10.0 Å². The molecule has 0 bridgehead atoms. The molecule has 0 atom stereocenters. The van der Waals surface area contributed by atoms with E-state index < -0.39 is 10.0 Å². The summed E-state index contributed by atoms with van der Waals surface area (Å²) in [6.07, 6.45) is 0. The van der Waals surface area contributed by atoms with Crippen molar-refractivity contribution in [2.75, 3.05) is 4.72 Å². The highest BCUT2D eigenvalue weighted by Crippen LogP contribution is 2.26. The Morgan fingerprint density at radius 1 is 1.10 bits per heavy atom. The van der Waals surface area contributed by atoms with Crippen molar-refractivity contribution in [2.24, 2.45) is 0 Å². The molecule has 0 aliphatic rings. The normalized spacial score (nSPS) is 11.4. The summed E-state index contributed by atoms with van der Waals surface area (Å²) in [5.74, 6) is 0. The predicted octanol–water partition coefficient (Wildman–Crippen LogP) is 4.15. The topological polar surface area (TPSA) is 59.1 Å². The average Bonchev–Trinajstić information content (AvgIpc) is 2.33. The molecule has 20 heavy (non-hydrogen) atoms. The van der Waals surface area contributed by atoms with Gasteiger partial charge in [0.2, 0.25) is 0 Å². The van der Waals surface area contributed by atoms with E-state index in [0.29, 0.717) is 10.7 Å². The SMILES string of the molecule is Cc1ccc(Cl)cc1NS(=O)(=O)c1ccc(Cl)nc1Cl. The molecule has 0 radical (unpaired) electrons. The molecule has 8 heteroatoms. The van der Waals surface area contributed by atoms with Crippen LogP contribution in [0.25, 0.3) is 0 Å². The van der Waals surface area contributed by atoms with E-state index in [1.165, 1.54) is 18.2 Å². The monoisotopic (exact) mass is 350 g/mol. The maximum atomic E-state index is 12.3. The number of pyridine rings is 1. The lowest BCUT2D eigenvalue weighted by Gasteiger charge is -2.11. The molecule has 0 spiro atoms. The van der Waals surface area contributed by atoms with Gasteiger partial charge in [0.1, 0.15) is 10.0 Å². The lowest BCUT2D eigenvalue weighted by atomic mass is 10.2. The van der Waals surface area contributed by atoms with Crippen LogP contribution in [0, 0.1) is 6.92 Å². The summed E-state index contributed by atoms with van der Waals surface area (Å²) in [4.78, 5) is 3.56. The molecule has 4 nitrogen and oxygen atoms in total. The molecule has 0 fully saturated rings. The molecule has 0 aliphatic carbocycles.